The highest BCUT2D eigenvalue weighted by Crippen LogP contribution is 2.42. The van der Waals surface area contributed by atoms with Crippen LogP contribution in [0.3, 0.4) is 0 Å². The maximum atomic E-state index is 9.52. The summed E-state index contributed by atoms with van der Waals surface area (Å²) >= 11 is 0. The molecule has 0 atom stereocenters. The van der Waals surface area contributed by atoms with Gasteiger partial charge in [0.1, 0.15) is 5.75 Å². The molecule has 0 aliphatic heterocycles. The third-order valence-electron chi connectivity index (χ3n) is 4.33. The van der Waals surface area contributed by atoms with E-state index in [2.05, 4.69) is 13.0 Å². The molecular formula is C16H21NO. The van der Waals surface area contributed by atoms with Crippen molar-refractivity contribution in [2.75, 3.05) is 0 Å². The number of benzene rings is 1. The van der Waals surface area contributed by atoms with E-state index in [0.717, 1.165) is 30.7 Å². The van der Waals surface area contributed by atoms with Crippen LogP contribution >= 0.6 is 0 Å². The fourth-order valence-corrected chi connectivity index (χ4v) is 3.02. The average molecular weight is 243 g/mol. The topological polar surface area (TPSA) is 44.0 Å². The van der Waals surface area contributed by atoms with Gasteiger partial charge in [-0.15, -0.1) is 0 Å². The lowest BCUT2D eigenvalue weighted by molar-refractivity contribution is 0.205. The minimum Gasteiger partial charge on any atom is -0.508 e. The molecular weight excluding hydrogens is 222 g/mol. The summed E-state index contributed by atoms with van der Waals surface area (Å²) in [6.45, 7) is 2.24. The molecule has 2 nitrogen and oxygen atoms in total. The molecule has 0 amide bonds. The number of nitriles is 1. The number of nitrogens with zero attached hydrogens (tertiary/aromatic N) is 1. The van der Waals surface area contributed by atoms with E-state index in [9.17, 15) is 10.4 Å². The Morgan fingerprint density at radius 3 is 2.67 bits per heavy atom. The Morgan fingerprint density at radius 2 is 2.11 bits per heavy atom. The van der Waals surface area contributed by atoms with Gasteiger partial charge in [-0.3, -0.25) is 0 Å². The van der Waals surface area contributed by atoms with Crippen LogP contribution in [0, 0.1) is 22.7 Å². The van der Waals surface area contributed by atoms with Crippen LogP contribution in [0.5, 0.6) is 5.75 Å². The summed E-state index contributed by atoms with van der Waals surface area (Å²) in [7, 11) is 0. The Bertz CT molecular complexity index is 439. The van der Waals surface area contributed by atoms with Crippen LogP contribution in [-0.4, -0.2) is 5.11 Å². The molecule has 1 aromatic carbocycles. The molecule has 96 valence electrons. The van der Waals surface area contributed by atoms with Crippen LogP contribution in [-0.2, 0) is 6.42 Å². The SMILES string of the molecule is CCC1CCC(C#N)(Cc2cccc(O)c2)CC1. The van der Waals surface area contributed by atoms with Crippen molar-refractivity contribution < 1.29 is 5.11 Å². The van der Waals surface area contributed by atoms with Crippen molar-refractivity contribution in [1.29, 1.82) is 5.26 Å². The monoisotopic (exact) mass is 243 g/mol. The second-order valence-corrected chi connectivity index (χ2v) is 5.59. The van der Waals surface area contributed by atoms with E-state index in [1.165, 1.54) is 19.3 Å². The van der Waals surface area contributed by atoms with Crippen LogP contribution in [0.1, 0.15) is 44.6 Å². The van der Waals surface area contributed by atoms with Crippen LogP contribution in [0.4, 0.5) is 0 Å². The fraction of sp³-hybridized carbons (Fsp3) is 0.562. The van der Waals surface area contributed by atoms with E-state index in [1.54, 1.807) is 12.1 Å². The zero-order valence-corrected chi connectivity index (χ0v) is 11.0. The van der Waals surface area contributed by atoms with Gasteiger partial charge < -0.3 is 5.11 Å². The molecule has 2 rings (SSSR count). The highest BCUT2D eigenvalue weighted by Gasteiger charge is 2.35. The predicted octanol–water partition coefficient (Wildman–Crippen LogP) is 4.04. The van der Waals surface area contributed by atoms with Crippen molar-refractivity contribution in [2.45, 2.75) is 45.4 Å². The average Bonchev–Trinajstić information content (AvgIpc) is 2.39. The molecule has 0 bridgehead atoms. The van der Waals surface area contributed by atoms with Gasteiger partial charge >= 0.3 is 0 Å². The molecule has 0 unspecified atom stereocenters. The van der Waals surface area contributed by atoms with Crippen molar-refractivity contribution in [3.05, 3.63) is 29.8 Å². The lowest BCUT2D eigenvalue weighted by atomic mass is 9.68. The molecule has 0 aromatic heterocycles. The van der Waals surface area contributed by atoms with Gasteiger partial charge in [0, 0.05) is 0 Å². The maximum absolute atomic E-state index is 9.52. The maximum Gasteiger partial charge on any atom is 0.115 e. The zero-order valence-electron chi connectivity index (χ0n) is 11.0. The van der Waals surface area contributed by atoms with Crippen LogP contribution < -0.4 is 0 Å². The van der Waals surface area contributed by atoms with E-state index in [1.807, 2.05) is 12.1 Å². The quantitative estimate of drug-likeness (QED) is 0.870. The predicted molar refractivity (Wildman–Crippen MR) is 72.1 cm³/mol. The summed E-state index contributed by atoms with van der Waals surface area (Å²) in [6, 6.07) is 9.87. The van der Waals surface area contributed by atoms with Gasteiger partial charge in [0.05, 0.1) is 11.5 Å². The van der Waals surface area contributed by atoms with Crippen molar-refractivity contribution in [1.82, 2.24) is 0 Å². The third-order valence-corrected chi connectivity index (χ3v) is 4.33. The van der Waals surface area contributed by atoms with E-state index >= 15 is 0 Å². The summed E-state index contributed by atoms with van der Waals surface area (Å²) < 4.78 is 0. The number of rotatable bonds is 3. The number of phenolic OH excluding ortho intramolecular Hbond substituents is 1. The Morgan fingerprint density at radius 1 is 1.39 bits per heavy atom. The second-order valence-electron chi connectivity index (χ2n) is 5.59. The molecule has 1 saturated carbocycles. The van der Waals surface area contributed by atoms with Crippen molar-refractivity contribution in [3.63, 3.8) is 0 Å². The summed E-state index contributed by atoms with van der Waals surface area (Å²) in [5.41, 5.74) is 0.867. The van der Waals surface area contributed by atoms with Crippen LogP contribution in [0.25, 0.3) is 0 Å². The first-order valence-corrected chi connectivity index (χ1v) is 6.86. The molecule has 1 aliphatic carbocycles. The largest absolute Gasteiger partial charge is 0.508 e. The summed E-state index contributed by atoms with van der Waals surface area (Å²) in [4.78, 5) is 0. The normalized spacial score (nSPS) is 27.7. The molecule has 1 fully saturated rings. The summed E-state index contributed by atoms with van der Waals surface area (Å²) in [5.74, 6) is 1.10. The minimum absolute atomic E-state index is 0.209. The smallest absolute Gasteiger partial charge is 0.115 e. The number of hydrogen-bond donors (Lipinski definition) is 1. The molecule has 1 aliphatic rings. The van der Waals surface area contributed by atoms with Crippen molar-refractivity contribution in [2.24, 2.45) is 11.3 Å². The van der Waals surface area contributed by atoms with Gasteiger partial charge in [-0.1, -0.05) is 25.5 Å². The number of aromatic hydroxyl groups is 1. The zero-order chi connectivity index (χ0) is 13.0. The molecule has 1 aromatic rings. The highest BCUT2D eigenvalue weighted by molar-refractivity contribution is 5.29. The van der Waals surface area contributed by atoms with Gasteiger partial charge in [0.15, 0.2) is 0 Å². The first-order chi connectivity index (χ1) is 8.67. The second kappa shape index (κ2) is 5.44. The minimum atomic E-state index is -0.209. The fourth-order valence-electron chi connectivity index (χ4n) is 3.02. The van der Waals surface area contributed by atoms with Crippen LogP contribution in [0.15, 0.2) is 24.3 Å². The van der Waals surface area contributed by atoms with Gasteiger partial charge in [-0.2, -0.15) is 5.26 Å². The Hall–Kier alpha value is -1.49. The van der Waals surface area contributed by atoms with Crippen LogP contribution in [0.2, 0.25) is 0 Å². The molecule has 0 spiro atoms. The Balaban J connectivity index is 2.08. The van der Waals surface area contributed by atoms with Gasteiger partial charge in [-0.25, -0.2) is 0 Å². The number of hydrogen-bond acceptors (Lipinski definition) is 2. The molecule has 0 radical (unpaired) electrons. The highest BCUT2D eigenvalue weighted by atomic mass is 16.3. The Labute approximate surface area is 109 Å². The molecule has 0 saturated heterocycles. The van der Waals surface area contributed by atoms with Gasteiger partial charge in [0.25, 0.3) is 0 Å². The van der Waals surface area contributed by atoms with Crippen molar-refractivity contribution in [3.8, 4) is 11.8 Å². The van der Waals surface area contributed by atoms with Gasteiger partial charge in [-0.05, 0) is 55.7 Å². The molecule has 1 N–H and O–H groups in total. The summed E-state index contributed by atoms with van der Waals surface area (Å²) in [5, 5.41) is 19.0. The lowest BCUT2D eigenvalue weighted by Gasteiger charge is -2.34. The molecule has 18 heavy (non-hydrogen) atoms. The standard InChI is InChI=1S/C16H21NO/c1-2-13-6-8-16(12-17,9-7-13)11-14-4-3-5-15(18)10-14/h3-5,10,13,18H,2,6-9,11H2,1H3. The first kappa shape index (κ1) is 13.0. The molecule has 2 heteroatoms. The lowest BCUT2D eigenvalue weighted by Crippen LogP contribution is -2.28. The summed E-state index contributed by atoms with van der Waals surface area (Å²) in [6.07, 6.45) is 6.34. The Kier molecular flexibility index (Phi) is 3.91. The van der Waals surface area contributed by atoms with E-state index in [0.29, 0.717) is 5.75 Å². The van der Waals surface area contributed by atoms with E-state index in [-0.39, 0.29) is 5.41 Å². The third kappa shape index (κ3) is 2.85. The molecule has 0 heterocycles. The van der Waals surface area contributed by atoms with E-state index < -0.39 is 0 Å². The first-order valence-electron chi connectivity index (χ1n) is 6.86. The number of phenols is 1. The van der Waals surface area contributed by atoms with E-state index in [4.69, 9.17) is 0 Å². The van der Waals surface area contributed by atoms with Crippen molar-refractivity contribution >= 4 is 0 Å². The van der Waals surface area contributed by atoms with Gasteiger partial charge in [0.2, 0.25) is 0 Å².